The molecule has 0 saturated heterocycles. The van der Waals surface area contributed by atoms with Gasteiger partial charge >= 0.3 is 0 Å². The van der Waals surface area contributed by atoms with Crippen LogP contribution in [0.1, 0.15) is 26.7 Å². The Labute approximate surface area is 79.4 Å². The number of hydrogen-bond donors (Lipinski definition) is 3. The van der Waals surface area contributed by atoms with Crippen LogP contribution in [0.3, 0.4) is 0 Å². The van der Waals surface area contributed by atoms with Crippen molar-refractivity contribution in [1.82, 2.24) is 0 Å². The normalized spacial score (nSPS) is 26.5. The van der Waals surface area contributed by atoms with Gasteiger partial charge in [0.25, 0.3) is 0 Å². The van der Waals surface area contributed by atoms with Gasteiger partial charge in [-0.25, -0.2) is 0 Å². The second-order valence-electron chi connectivity index (χ2n) is 4.46. The molecular weight excluding hydrogens is 168 g/mol. The maximum absolute atomic E-state index is 9.82. The fourth-order valence-corrected chi connectivity index (χ4v) is 1.88. The SMILES string of the molecule is C[C@@H](CO)C(O)[C@H](C)C1(CO)CC1. The van der Waals surface area contributed by atoms with Crippen LogP contribution in [0.25, 0.3) is 0 Å². The van der Waals surface area contributed by atoms with Gasteiger partial charge in [0.05, 0.1) is 6.10 Å². The fraction of sp³-hybridized carbons (Fsp3) is 1.00. The van der Waals surface area contributed by atoms with Crippen molar-refractivity contribution in [3.8, 4) is 0 Å². The van der Waals surface area contributed by atoms with Crippen LogP contribution in [0.4, 0.5) is 0 Å². The molecule has 0 aromatic rings. The second kappa shape index (κ2) is 3.95. The minimum Gasteiger partial charge on any atom is -0.396 e. The molecule has 1 rings (SSSR count). The Bertz CT molecular complexity index is 166. The van der Waals surface area contributed by atoms with E-state index in [1.165, 1.54) is 0 Å². The Morgan fingerprint density at radius 1 is 1.23 bits per heavy atom. The molecule has 0 radical (unpaired) electrons. The average Bonchev–Trinajstić information content (AvgIpc) is 2.95. The summed E-state index contributed by atoms with van der Waals surface area (Å²) in [6.45, 7) is 3.95. The van der Waals surface area contributed by atoms with E-state index in [0.717, 1.165) is 12.8 Å². The molecule has 13 heavy (non-hydrogen) atoms. The summed E-state index contributed by atoms with van der Waals surface area (Å²) in [5, 5.41) is 27.9. The molecule has 0 heterocycles. The van der Waals surface area contributed by atoms with Gasteiger partial charge in [0, 0.05) is 19.1 Å². The van der Waals surface area contributed by atoms with E-state index in [2.05, 4.69) is 0 Å². The van der Waals surface area contributed by atoms with Gasteiger partial charge in [-0.1, -0.05) is 13.8 Å². The van der Waals surface area contributed by atoms with Crippen molar-refractivity contribution in [3.05, 3.63) is 0 Å². The Hall–Kier alpha value is -0.120. The van der Waals surface area contributed by atoms with Crippen molar-refractivity contribution in [2.45, 2.75) is 32.8 Å². The third-order valence-electron chi connectivity index (χ3n) is 3.56. The van der Waals surface area contributed by atoms with Gasteiger partial charge in [0.15, 0.2) is 0 Å². The van der Waals surface area contributed by atoms with Gasteiger partial charge in [-0.2, -0.15) is 0 Å². The van der Waals surface area contributed by atoms with E-state index in [-0.39, 0.29) is 30.5 Å². The maximum Gasteiger partial charge on any atom is 0.0619 e. The Balaban J connectivity index is 2.51. The lowest BCUT2D eigenvalue weighted by Gasteiger charge is -2.29. The van der Waals surface area contributed by atoms with Gasteiger partial charge in [-0.05, 0) is 24.2 Å². The molecule has 0 bridgehead atoms. The number of aliphatic hydroxyl groups excluding tert-OH is 3. The molecule has 3 atom stereocenters. The Kier molecular flexibility index (Phi) is 3.33. The minimum absolute atomic E-state index is 0.00696. The molecule has 0 aromatic heterocycles. The van der Waals surface area contributed by atoms with E-state index in [0.29, 0.717) is 0 Å². The molecule has 1 aliphatic carbocycles. The molecule has 0 spiro atoms. The van der Waals surface area contributed by atoms with Crippen molar-refractivity contribution >= 4 is 0 Å². The zero-order chi connectivity index (χ0) is 10.1. The summed E-state index contributed by atoms with van der Waals surface area (Å²) >= 11 is 0. The molecule has 0 amide bonds. The summed E-state index contributed by atoms with van der Waals surface area (Å²) in [5.41, 5.74) is -0.0527. The lowest BCUT2D eigenvalue weighted by atomic mass is 9.82. The van der Waals surface area contributed by atoms with Crippen LogP contribution in [-0.2, 0) is 0 Å². The number of rotatable bonds is 5. The summed E-state index contributed by atoms with van der Waals surface area (Å²) in [4.78, 5) is 0. The van der Waals surface area contributed by atoms with Gasteiger partial charge in [-0.3, -0.25) is 0 Å². The molecule has 3 N–H and O–H groups in total. The topological polar surface area (TPSA) is 60.7 Å². The smallest absolute Gasteiger partial charge is 0.0619 e. The zero-order valence-corrected chi connectivity index (χ0v) is 8.40. The summed E-state index contributed by atoms with van der Waals surface area (Å²) in [7, 11) is 0. The molecule has 1 unspecified atom stereocenters. The van der Waals surface area contributed by atoms with E-state index >= 15 is 0 Å². The number of aliphatic hydroxyl groups is 3. The first-order chi connectivity index (χ1) is 6.07. The van der Waals surface area contributed by atoms with Crippen LogP contribution >= 0.6 is 0 Å². The monoisotopic (exact) mass is 188 g/mol. The van der Waals surface area contributed by atoms with E-state index in [1.807, 2.05) is 13.8 Å². The van der Waals surface area contributed by atoms with Crippen LogP contribution in [0.5, 0.6) is 0 Å². The molecule has 0 aliphatic heterocycles. The lowest BCUT2D eigenvalue weighted by molar-refractivity contribution is -0.00509. The summed E-state index contributed by atoms with van der Waals surface area (Å²) in [6.07, 6.45) is 1.50. The van der Waals surface area contributed by atoms with Crippen molar-refractivity contribution < 1.29 is 15.3 Å². The molecule has 1 fully saturated rings. The van der Waals surface area contributed by atoms with Crippen LogP contribution in [0, 0.1) is 17.3 Å². The van der Waals surface area contributed by atoms with E-state index in [1.54, 1.807) is 0 Å². The predicted molar refractivity (Wildman–Crippen MR) is 50.2 cm³/mol. The lowest BCUT2D eigenvalue weighted by Crippen LogP contribution is -2.35. The van der Waals surface area contributed by atoms with Crippen LogP contribution in [0.15, 0.2) is 0 Å². The fourth-order valence-electron chi connectivity index (χ4n) is 1.88. The van der Waals surface area contributed by atoms with E-state index in [9.17, 15) is 5.11 Å². The van der Waals surface area contributed by atoms with Gasteiger partial charge in [-0.15, -0.1) is 0 Å². The van der Waals surface area contributed by atoms with Crippen molar-refractivity contribution in [1.29, 1.82) is 0 Å². The quantitative estimate of drug-likeness (QED) is 0.584. The Morgan fingerprint density at radius 3 is 2.08 bits per heavy atom. The van der Waals surface area contributed by atoms with Crippen LogP contribution in [0.2, 0.25) is 0 Å². The average molecular weight is 188 g/mol. The van der Waals surface area contributed by atoms with Crippen LogP contribution in [-0.4, -0.2) is 34.6 Å². The number of hydrogen-bond acceptors (Lipinski definition) is 3. The Morgan fingerprint density at radius 2 is 1.77 bits per heavy atom. The van der Waals surface area contributed by atoms with E-state index in [4.69, 9.17) is 10.2 Å². The standard InChI is InChI=1S/C10H20O3/c1-7(5-11)9(13)8(2)10(6-12)3-4-10/h7-9,11-13H,3-6H2,1-2H3/t7-,8-,9?/m0/s1. The van der Waals surface area contributed by atoms with Crippen molar-refractivity contribution in [2.75, 3.05) is 13.2 Å². The largest absolute Gasteiger partial charge is 0.396 e. The molecule has 1 saturated carbocycles. The summed E-state index contributed by atoms with van der Waals surface area (Å²) in [5.74, 6) is -0.0151. The first-order valence-corrected chi connectivity index (χ1v) is 4.97. The van der Waals surface area contributed by atoms with Gasteiger partial charge in [0.1, 0.15) is 0 Å². The highest BCUT2D eigenvalue weighted by Crippen LogP contribution is 2.53. The first kappa shape index (κ1) is 11.0. The van der Waals surface area contributed by atoms with Crippen molar-refractivity contribution in [3.63, 3.8) is 0 Å². The molecule has 3 heteroatoms. The van der Waals surface area contributed by atoms with Crippen molar-refractivity contribution in [2.24, 2.45) is 17.3 Å². The first-order valence-electron chi connectivity index (χ1n) is 4.97. The molecule has 3 nitrogen and oxygen atoms in total. The second-order valence-corrected chi connectivity index (χ2v) is 4.46. The molecule has 78 valence electrons. The zero-order valence-electron chi connectivity index (χ0n) is 8.40. The summed E-state index contributed by atoms with van der Waals surface area (Å²) in [6, 6.07) is 0. The minimum atomic E-state index is -0.500. The maximum atomic E-state index is 9.82. The van der Waals surface area contributed by atoms with Gasteiger partial charge < -0.3 is 15.3 Å². The third-order valence-corrected chi connectivity index (χ3v) is 3.56. The molecule has 0 aromatic carbocycles. The molecular formula is C10H20O3. The predicted octanol–water partition coefficient (Wildman–Crippen LogP) is 0.384. The molecule has 1 aliphatic rings. The third kappa shape index (κ3) is 2.03. The van der Waals surface area contributed by atoms with E-state index < -0.39 is 6.10 Å². The highest BCUT2D eigenvalue weighted by atomic mass is 16.3. The summed E-state index contributed by atoms with van der Waals surface area (Å²) < 4.78 is 0. The highest BCUT2D eigenvalue weighted by molar-refractivity contribution is 4.99. The highest BCUT2D eigenvalue weighted by Gasteiger charge is 2.49. The van der Waals surface area contributed by atoms with Crippen LogP contribution < -0.4 is 0 Å². The van der Waals surface area contributed by atoms with Gasteiger partial charge in [0.2, 0.25) is 0 Å².